The number of nitrogens with zero attached hydrogens (tertiary/aromatic N) is 2. The highest BCUT2D eigenvalue weighted by Gasteiger charge is 2.75. The lowest BCUT2D eigenvalue weighted by atomic mass is 9.74. The van der Waals surface area contributed by atoms with Crippen LogP contribution in [-0.4, -0.2) is 81.8 Å². The third-order valence-corrected chi connectivity index (χ3v) is 7.91. The summed E-state index contributed by atoms with van der Waals surface area (Å²) in [5.41, 5.74) is -2.42. The lowest BCUT2D eigenvalue weighted by Crippen LogP contribution is -2.60. The normalized spacial score (nSPS) is 37.9. The standard InChI is InChI=1S/C26H38N2O6/c1-16(2)18(15-29)28-21-23(31)27(17(3)4)13-10-12-26(21)19(22(28)30)20-24(32)33-14-9-7-6-8-11-25(20,5)34-26/h8,10-12,16-21,29H,6-7,9,13-15H2,1-5H3/b11-8-/t18-,19-,20-,21?,25+,26-/m0/s1. The van der Waals surface area contributed by atoms with Crippen molar-refractivity contribution in [1.82, 2.24) is 9.80 Å². The Morgan fingerprint density at radius 3 is 2.44 bits per heavy atom. The molecule has 0 aliphatic carbocycles. The van der Waals surface area contributed by atoms with Crippen LogP contribution in [0.2, 0.25) is 0 Å². The van der Waals surface area contributed by atoms with E-state index in [2.05, 4.69) is 0 Å². The van der Waals surface area contributed by atoms with Gasteiger partial charge in [-0.25, -0.2) is 0 Å². The van der Waals surface area contributed by atoms with Crippen molar-refractivity contribution in [3.05, 3.63) is 24.3 Å². The first kappa shape index (κ1) is 24.9. The average molecular weight is 475 g/mol. The van der Waals surface area contributed by atoms with E-state index in [0.29, 0.717) is 13.2 Å². The summed E-state index contributed by atoms with van der Waals surface area (Å²) in [6, 6.07) is -1.63. The van der Waals surface area contributed by atoms with Gasteiger partial charge in [-0.2, -0.15) is 0 Å². The molecule has 188 valence electrons. The molecule has 8 nitrogen and oxygen atoms in total. The van der Waals surface area contributed by atoms with Gasteiger partial charge < -0.3 is 24.4 Å². The number of aliphatic hydroxyl groups excluding tert-OH is 1. The minimum atomic E-state index is -1.32. The van der Waals surface area contributed by atoms with Crippen LogP contribution in [0.3, 0.4) is 0 Å². The number of likely N-dealkylation sites (tertiary alicyclic amines) is 1. The van der Waals surface area contributed by atoms with Gasteiger partial charge in [-0.05, 0) is 46.0 Å². The van der Waals surface area contributed by atoms with Crippen LogP contribution in [0.4, 0.5) is 0 Å². The summed E-state index contributed by atoms with van der Waals surface area (Å²) in [5.74, 6) is -2.94. The third kappa shape index (κ3) is 3.70. The van der Waals surface area contributed by atoms with Crippen LogP contribution in [-0.2, 0) is 23.9 Å². The monoisotopic (exact) mass is 474 g/mol. The topological polar surface area (TPSA) is 96.4 Å². The van der Waals surface area contributed by atoms with E-state index < -0.39 is 41.1 Å². The Morgan fingerprint density at radius 1 is 1.06 bits per heavy atom. The van der Waals surface area contributed by atoms with Gasteiger partial charge in [0.2, 0.25) is 11.8 Å². The van der Waals surface area contributed by atoms with Gasteiger partial charge in [0.25, 0.3) is 0 Å². The Kier molecular flexibility index (Phi) is 6.68. The van der Waals surface area contributed by atoms with Crippen molar-refractivity contribution in [2.24, 2.45) is 17.8 Å². The van der Waals surface area contributed by atoms with Gasteiger partial charge in [0.15, 0.2) is 0 Å². The van der Waals surface area contributed by atoms with Crippen LogP contribution < -0.4 is 0 Å². The van der Waals surface area contributed by atoms with Crippen LogP contribution in [0.25, 0.3) is 0 Å². The van der Waals surface area contributed by atoms with E-state index in [1.165, 1.54) is 4.90 Å². The fraction of sp³-hybridized carbons (Fsp3) is 0.731. The maximum absolute atomic E-state index is 14.2. The van der Waals surface area contributed by atoms with Gasteiger partial charge in [-0.15, -0.1) is 0 Å². The Labute approximate surface area is 201 Å². The molecule has 4 aliphatic rings. The van der Waals surface area contributed by atoms with E-state index in [0.717, 1.165) is 19.3 Å². The van der Waals surface area contributed by atoms with Crippen molar-refractivity contribution >= 4 is 17.8 Å². The van der Waals surface area contributed by atoms with Crippen LogP contribution in [0.1, 0.15) is 53.9 Å². The van der Waals surface area contributed by atoms with Gasteiger partial charge >= 0.3 is 5.97 Å². The summed E-state index contributed by atoms with van der Waals surface area (Å²) in [6.45, 7) is 9.91. The fourth-order valence-corrected chi connectivity index (χ4v) is 6.20. The second kappa shape index (κ2) is 9.11. The van der Waals surface area contributed by atoms with Crippen LogP contribution in [0.15, 0.2) is 24.3 Å². The third-order valence-electron chi connectivity index (χ3n) is 7.91. The van der Waals surface area contributed by atoms with E-state index in [1.807, 2.05) is 58.9 Å². The highest BCUT2D eigenvalue weighted by atomic mass is 16.6. The molecular weight excluding hydrogens is 436 g/mol. The number of esters is 1. The molecule has 0 aromatic rings. The van der Waals surface area contributed by atoms with Crippen molar-refractivity contribution in [3.63, 3.8) is 0 Å². The molecule has 1 N–H and O–H groups in total. The highest BCUT2D eigenvalue weighted by Crippen LogP contribution is 2.57. The lowest BCUT2D eigenvalue weighted by molar-refractivity contribution is -0.162. The number of carbonyl (C=O) groups is 3. The first-order valence-electron chi connectivity index (χ1n) is 12.5. The van der Waals surface area contributed by atoms with Gasteiger partial charge in [-0.3, -0.25) is 14.4 Å². The first-order chi connectivity index (χ1) is 16.1. The molecule has 1 spiro atoms. The molecule has 6 atom stereocenters. The Bertz CT molecular complexity index is 898. The van der Waals surface area contributed by atoms with Gasteiger partial charge in [0, 0.05) is 12.6 Å². The molecule has 0 saturated carbocycles. The second-order valence-electron chi connectivity index (χ2n) is 10.8. The molecule has 0 aromatic heterocycles. The van der Waals surface area contributed by atoms with E-state index in [4.69, 9.17) is 9.47 Å². The molecule has 2 saturated heterocycles. The highest BCUT2D eigenvalue weighted by molar-refractivity contribution is 5.99. The van der Waals surface area contributed by atoms with Crippen molar-refractivity contribution in [2.45, 2.75) is 83.2 Å². The summed E-state index contributed by atoms with van der Waals surface area (Å²) in [5, 5.41) is 10.3. The van der Waals surface area contributed by atoms with Gasteiger partial charge in [0.1, 0.15) is 17.6 Å². The molecular formula is C26H38N2O6. The molecule has 4 heterocycles. The van der Waals surface area contributed by atoms with Crippen molar-refractivity contribution in [1.29, 1.82) is 0 Å². The molecule has 1 unspecified atom stereocenters. The molecule has 0 radical (unpaired) electrons. The molecule has 34 heavy (non-hydrogen) atoms. The number of amides is 2. The minimum Gasteiger partial charge on any atom is -0.465 e. The maximum atomic E-state index is 14.2. The number of ether oxygens (including phenoxy) is 2. The number of aliphatic hydroxyl groups is 1. The van der Waals surface area contributed by atoms with Crippen molar-refractivity contribution in [2.75, 3.05) is 19.8 Å². The molecule has 0 aromatic carbocycles. The number of hydrogen-bond donors (Lipinski definition) is 1. The largest absolute Gasteiger partial charge is 0.465 e. The Morgan fingerprint density at radius 2 is 1.79 bits per heavy atom. The molecule has 0 bridgehead atoms. The zero-order valence-electron chi connectivity index (χ0n) is 20.9. The Hall–Kier alpha value is -2.19. The van der Waals surface area contributed by atoms with E-state index >= 15 is 0 Å². The van der Waals surface area contributed by atoms with Crippen LogP contribution in [0, 0.1) is 17.8 Å². The van der Waals surface area contributed by atoms with E-state index in [-0.39, 0.29) is 30.4 Å². The Balaban J connectivity index is 1.91. The number of allylic oxidation sites excluding steroid dienone is 1. The molecule has 8 heteroatoms. The summed E-state index contributed by atoms with van der Waals surface area (Å²) >= 11 is 0. The fourth-order valence-electron chi connectivity index (χ4n) is 6.20. The van der Waals surface area contributed by atoms with Gasteiger partial charge in [0.05, 0.1) is 30.8 Å². The smallest absolute Gasteiger partial charge is 0.313 e. The summed E-state index contributed by atoms with van der Waals surface area (Å²) < 4.78 is 12.4. The number of rotatable bonds is 4. The predicted octanol–water partition coefficient (Wildman–Crippen LogP) is 2.06. The number of hydrogen-bond acceptors (Lipinski definition) is 6. The predicted molar refractivity (Wildman–Crippen MR) is 125 cm³/mol. The maximum Gasteiger partial charge on any atom is 0.313 e. The summed E-state index contributed by atoms with van der Waals surface area (Å²) in [6.07, 6.45) is 10.0. The SMILES string of the molecule is CC(C)[C@H](CO)N1C(=O)[C@@H]2[C@H]3C(=O)OCCCC/C=C\[C@@]3(C)O[C@@]23C=CCN(C(C)C)C(=O)C13. The zero-order chi connectivity index (χ0) is 24.8. The molecule has 4 aliphatic heterocycles. The van der Waals surface area contributed by atoms with E-state index in [9.17, 15) is 19.5 Å². The van der Waals surface area contributed by atoms with Crippen LogP contribution >= 0.6 is 0 Å². The average Bonchev–Trinajstić information content (AvgIpc) is 3.08. The quantitative estimate of drug-likeness (QED) is 0.495. The van der Waals surface area contributed by atoms with Gasteiger partial charge in [-0.1, -0.05) is 38.2 Å². The molecule has 4 rings (SSSR count). The second-order valence-corrected chi connectivity index (χ2v) is 10.8. The van der Waals surface area contributed by atoms with Crippen molar-refractivity contribution in [3.8, 4) is 0 Å². The number of carbonyl (C=O) groups excluding carboxylic acids is 3. The minimum absolute atomic E-state index is 0.0857. The van der Waals surface area contributed by atoms with Crippen LogP contribution in [0.5, 0.6) is 0 Å². The lowest BCUT2D eigenvalue weighted by Gasteiger charge is -2.41. The number of fused-ring (bicyclic) bond motifs is 2. The molecule has 2 fully saturated rings. The zero-order valence-corrected chi connectivity index (χ0v) is 20.9. The first-order valence-corrected chi connectivity index (χ1v) is 12.5. The molecule has 2 amide bonds. The van der Waals surface area contributed by atoms with Crippen molar-refractivity contribution < 1.29 is 29.0 Å². The van der Waals surface area contributed by atoms with E-state index in [1.54, 1.807) is 4.90 Å². The summed E-state index contributed by atoms with van der Waals surface area (Å²) in [7, 11) is 0. The number of cyclic esters (lactones) is 1. The summed E-state index contributed by atoms with van der Waals surface area (Å²) in [4.78, 5) is 44.9.